The van der Waals surface area contributed by atoms with Crippen molar-refractivity contribution in [3.8, 4) is 5.75 Å². The topological polar surface area (TPSA) is 47.7 Å². The van der Waals surface area contributed by atoms with Gasteiger partial charge in [0, 0.05) is 25.2 Å². The highest BCUT2D eigenvalue weighted by atomic mass is 16.5. The molecule has 2 N–H and O–H groups in total. The van der Waals surface area contributed by atoms with Crippen molar-refractivity contribution in [2.45, 2.75) is 38.3 Å². The first kappa shape index (κ1) is 16.3. The molecule has 1 heterocycles. The van der Waals surface area contributed by atoms with Crippen molar-refractivity contribution in [1.82, 2.24) is 4.90 Å². The fraction of sp³-hybridized carbons (Fsp3) is 0.647. The van der Waals surface area contributed by atoms with Gasteiger partial charge in [0.25, 0.3) is 0 Å². The molecule has 0 aliphatic carbocycles. The Morgan fingerprint density at radius 2 is 2.10 bits per heavy atom. The molecule has 118 valence electrons. The first-order valence-corrected chi connectivity index (χ1v) is 7.61. The lowest BCUT2D eigenvalue weighted by Gasteiger charge is -2.48. The summed E-state index contributed by atoms with van der Waals surface area (Å²) in [6, 6.07) is 8.19. The molecule has 0 saturated carbocycles. The number of nitrogens with zero attached hydrogens (tertiary/aromatic N) is 1. The van der Waals surface area contributed by atoms with Crippen LogP contribution in [-0.2, 0) is 11.2 Å². The molecule has 21 heavy (non-hydrogen) atoms. The van der Waals surface area contributed by atoms with Gasteiger partial charge in [-0.2, -0.15) is 0 Å². The van der Waals surface area contributed by atoms with Crippen LogP contribution in [0.15, 0.2) is 24.3 Å². The van der Waals surface area contributed by atoms with E-state index in [1.807, 2.05) is 12.1 Å². The maximum absolute atomic E-state index is 6.14. The third-order valence-electron chi connectivity index (χ3n) is 4.39. The summed E-state index contributed by atoms with van der Waals surface area (Å²) >= 11 is 0. The Morgan fingerprint density at radius 3 is 2.71 bits per heavy atom. The first-order chi connectivity index (χ1) is 9.90. The van der Waals surface area contributed by atoms with Crippen LogP contribution in [0, 0.1) is 0 Å². The van der Waals surface area contributed by atoms with Crippen LogP contribution in [0.3, 0.4) is 0 Å². The second-order valence-corrected chi connectivity index (χ2v) is 6.72. The maximum atomic E-state index is 6.14. The molecule has 0 aromatic heterocycles. The average molecular weight is 292 g/mol. The summed E-state index contributed by atoms with van der Waals surface area (Å²) in [5, 5.41) is 0. The molecule has 1 aliphatic heterocycles. The Balaban J connectivity index is 2.20. The zero-order valence-electron chi connectivity index (χ0n) is 13.7. The monoisotopic (exact) mass is 292 g/mol. The summed E-state index contributed by atoms with van der Waals surface area (Å²) in [6.07, 6.45) is 0.879. The summed E-state index contributed by atoms with van der Waals surface area (Å²) < 4.78 is 11.3. The predicted octanol–water partition coefficient (Wildman–Crippen LogP) is 2.07. The quantitative estimate of drug-likeness (QED) is 0.902. The SMILES string of the molecule is COc1ccccc1CC(C)(CN)N1CCOC(C)(C)C1. The van der Waals surface area contributed by atoms with E-state index in [4.69, 9.17) is 15.2 Å². The molecule has 1 fully saturated rings. The normalized spacial score (nSPS) is 21.8. The molecule has 1 aliphatic rings. The van der Waals surface area contributed by atoms with Crippen LogP contribution < -0.4 is 10.5 Å². The molecule has 4 nitrogen and oxygen atoms in total. The Bertz CT molecular complexity index is 476. The summed E-state index contributed by atoms with van der Waals surface area (Å²) in [5.74, 6) is 0.935. The molecule has 1 unspecified atom stereocenters. The number of ether oxygens (including phenoxy) is 2. The van der Waals surface area contributed by atoms with Crippen molar-refractivity contribution < 1.29 is 9.47 Å². The minimum atomic E-state index is -0.116. The van der Waals surface area contributed by atoms with Crippen molar-refractivity contribution in [3.63, 3.8) is 0 Å². The number of hydrogen-bond acceptors (Lipinski definition) is 4. The van der Waals surface area contributed by atoms with Crippen LogP contribution in [0.2, 0.25) is 0 Å². The van der Waals surface area contributed by atoms with Gasteiger partial charge in [-0.15, -0.1) is 0 Å². The van der Waals surface area contributed by atoms with Gasteiger partial charge >= 0.3 is 0 Å². The minimum absolute atomic E-state index is 0.0876. The lowest BCUT2D eigenvalue weighted by atomic mass is 9.88. The minimum Gasteiger partial charge on any atom is -0.496 e. The summed E-state index contributed by atoms with van der Waals surface area (Å²) in [7, 11) is 1.72. The van der Waals surface area contributed by atoms with Crippen LogP contribution in [0.4, 0.5) is 0 Å². The van der Waals surface area contributed by atoms with Crippen molar-refractivity contribution in [3.05, 3.63) is 29.8 Å². The predicted molar refractivity (Wildman–Crippen MR) is 85.8 cm³/mol. The molecule has 0 amide bonds. The van der Waals surface area contributed by atoms with Gasteiger partial charge in [0.05, 0.1) is 19.3 Å². The van der Waals surface area contributed by atoms with Crippen LogP contribution in [-0.4, -0.2) is 49.4 Å². The first-order valence-electron chi connectivity index (χ1n) is 7.61. The zero-order chi connectivity index (χ0) is 15.5. The van der Waals surface area contributed by atoms with E-state index in [1.54, 1.807) is 7.11 Å². The number of hydrogen-bond donors (Lipinski definition) is 1. The van der Waals surface area contributed by atoms with Gasteiger partial charge < -0.3 is 15.2 Å². The number of benzene rings is 1. The second-order valence-electron chi connectivity index (χ2n) is 6.72. The molecule has 0 spiro atoms. The average Bonchev–Trinajstić information content (AvgIpc) is 2.46. The van der Waals surface area contributed by atoms with E-state index in [1.165, 1.54) is 5.56 Å². The van der Waals surface area contributed by atoms with Crippen LogP contribution in [0.5, 0.6) is 5.75 Å². The number of nitrogens with two attached hydrogens (primary N) is 1. The Morgan fingerprint density at radius 1 is 1.38 bits per heavy atom. The van der Waals surface area contributed by atoms with Crippen LogP contribution in [0.1, 0.15) is 26.3 Å². The number of morpholine rings is 1. The number of rotatable bonds is 5. The lowest BCUT2D eigenvalue weighted by Crippen LogP contribution is -2.61. The van der Waals surface area contributed by atoms with E-state index in [0.717, 1.165) is 31.9 Å². The highest BCUT2D eigenvalue weighted by molar-refractivity contribution is 5.34. The highest BCUT2D eigenvalue weighted by Crippen LogP contribution is 2.29. The maximum Gasteiger partial charge on any atom is 0.122 e. The van der Waals surface area contributed by atoms with Crippen molar-refractivity contribution in [2.75, 3.05) is 33.4 Å². The molecule has 4 heteroatoms. The van der Waals surface area contributed by atoms with Gasteiger partial charge in [0.2, 0.25) is 0 Å². The van der Waals surface area contributed by atoms with Gasteiger partial charge in [-0.3, -0.25) is 4.90 Å². The summed E-state index contributed by atoms with van der Waals surface area (Å²) in [5.41, 5.74) is 7.15. The molecule has 1 atom stereocenters. The molecule has 2 rings (SSSR count). The summed E-state index contributed by atoms with van der Waals surface area (Å²) in [4.78, 5) is 2.46. The van der Waals surface area contributed by atoms with E-state index in [9.17, 15) is 0 Å². The zero-order valence-corrected chi connectivity index (χ0v) is 13.7. The van der Waals surface area contributed by atoms with Gasteiger partial charge in [-0.25, -0.2) is 0 Å². The van der Waals surface area contributed by atoms with Gasteiger partial charge in [-0.1, -0.05) is 18.2 Å². The third-order valence-corrected chi connectivity index (χ3v) is 4.39. The standard InChI is InChI=1S/C17H28N2O2/c1-16(2)13-19(9-10-21-16)17(3,12-18)11-14-7-5-6-8-15(14)20-4/h5-8H,9-13,18H2,1-4H3. The molecule has 1 aromatic rings. The molecular weight excluding hydrogens is 264 g/mol. The molecule has 0 radical (unpaired) electrons. The number of methoxy groups -OCH3 is 1. The molecule has 1 aromatic carbocycles. The Labute approximate surface area is 128 Å². The smallest absolute Gasteiger partial charge is 0.122 e. The van der Waals surface area contributed by atoms with Crippen LogP contribution >= 0.6 is 0 Å². The third kappa shape index (κ3) is 3.76. The van der Waals surface area contributed by atoms with Crippen molar-refractivity contribution in [1.29, 1.82) is 0 Å². The fourth-order valence-corrected chi connectivity index (χ4v) is 3.05. The van der Waals surface area contributed by atoms with Crippen molar-refractivity contribution >= 4 is 0 Å². The van der Waals surface area contributed by atoms with E-state index < -0.39 is 0 Å². The summed E-state index contributed by atoms with van der Waals surface area (Å²) in [6.45, 7) is 9.71. The van der Waals surface area contributed by atoms with Gasteiger partial charge in [0.15, 0.2) is 0 Å². The van der Waals surface area contributed by atoms with E-state index in [-0.39, 0.29) is 11.1 Å². The van der Waals surface area contributed by atoms with E-state index >= 15 is 0 Å². The van der Waals surface area contributed by atoms with Gasteiger partial charge in [-0.05, 0) is 38.8 Å². The van der Waals surface area contributed by atoms with Crippen molar-refractivity contribution in [2.24, 2.45) is 5.73 Å². The fourth-order valence-electron chi connectivity index (χ4n) is 3.05. The van der Waals surface area contributed by atoms with E-state index in [2.05, 4.69) is 37.8 Å². The largest absolute Gasteiger partial charge is 0.496 e. The van der Waals surface area contributed by atoms with E-state index in [0.29, 0.717) is 6.54 Å². The van der Waals surface area contributed by atoms with Crippen LogP contribution in [0.25, 0.3) is 0 Å². The number of para-hydroxylation sites is 1. The lowest BCUT2D eigenvalue weighted by molar-refractivity contribution is -0.112. The molecule has 1 saturated heterocycles. The Kier molecular flexibility index (Phi) is 4.91. The highest BCUT2D eigenvalue weighted by Gasteiger charge is 2.38. The van der Waals surface area contributed by atoms with Gasteiger partial charge in [0.1, 0.15) is 5.75 Å². The Hall–Kier alpha value is -1.10. The second kappa shape index (κ2) is 6.34. The molecule has 0 bridgehead atoms. The molecular formula is C17H28N2O2.